The van der Waals surface area contributed by atoms with Gasteiger partial charge in [0.25, 0.3) is 0 Å². The van der Waals surface area contributed by atoms with Crippen LogP contribution in [-0.2, 0) is 9.53 Å². The van der Waals surface area contributed by atoms with Gasteiger partial charge in [0, 0.05) is 13.7 Å². The number of carboxylic acid groups (broad SMARTS) is 1. The van der Waals surface area contributed by atoms with Crippen molar-refractivity contribution < 1.29 is 19.4 Å². The van der Waals surface area contributed by atoms with Crippen LogP contribution in [0, 0.1) is 0 Å². The van der Waals surface area contributed by atoms with E-state index in [1.54, 1.807) is 0 Å². The second-order valence-electron chi connectivity index (χ2n) is 4.25. The predicted octanol–water partition coefficient (Wildman–Crippen LogP) is 0.886. The molecule has 102 valence electrons. The third kappa shape index (κ3) is 5.18. The van der Waals surface area contributed by atoms with Crippen LogP contribution in [0.1, 0.15) is 25.7 Å². The molecule has 0 aromatic carbocycles. The summed E-state index contributed by atoms with van der Waals surface area (Å²) in [6.45, 7) is 0.477. The SMILES string of the molecule is COCC(NC(=O)NCCC1=CCCC1)C(=O)O. The Kier molecular flexibility index (Phi) is 6.21. The largest absolute Gasteiger partial charge is 0.480 e. The van der Waals surface area contributed by atoms with Gasteiger partial charge in [-0.3, -0.25) is 0 Å². The monoisotopic (exact) mass is 256 g/mol. The van der Waals surface area contributed by atoms with Crippen molar-refractivity contribution in [2.75, 3.05) is 20.3 Å². The van der Waals surface area contributed by atoms with E-state index in [1.807, 2.05) is 0 Å². The van der Waals surface area contributed by atoms with Gasteiger partial charge in [-0.15, -0.1) is 0 Å². The normalized spacial score (nSPS) is 15.9. The topological polar surface area (TPSA) is 87.7 Å². The van der Waals surface area contributed by atoms with E-state index in [-0.39, 0.29) is 6.61 Å². The second kappa shape index (κ2) is 7.71. The molecule has 0 radical (unpaired) electrons. The van der Waals surface area contributed by atoms with Crippen molar-refractivity contribution >= 4 is 12.0 Å². The van der Waals surface area contributed by atoms with E-state index >= 15 is 0 Å². The molecule has 0 aromatic heterocycles. The quantitative estimate of drug-likeness (QED) is 0.590. The zero-order valence-electron chi connectivity index (χ0n) is 10.6. The first-order valence-electron chi connectivity index (χ1n) is 6.07. The summed E-state index contributed by atoms with van der Waals surface area (Å²) in [5.74, 6) is -1.11. The van der Waals surface area contributed by atoms with Gasteiger partial charge in [0.1, 0.15) is 0 Å². The Morgan fingerprint density at radius 2 is 2.33 bits per heavy atom. The molecule has 0 fully saturated rings. The van der Waals surface area contributed by atoms with Crippen LogP contribution in [0.3, 0.4) is 0 Å². The first-order chi connectivity index (χ1) is 8.63. The van der Waals surface area contributed by atoms with Gasteiger partial charge in [-0.05, 0) is 25.7 Å². The highest BCUT2D eigenvalue weighted by molar-refractivity contribution is 5.82. The van der Waals surface area contributed by atoms with Gasteiger partial charge in [-0.1, -0.05) is 11.6 Å². The van der Waals surface area contributed by atoms with Gasteiger partial charge >= 0.3 is 12.0 Å². The molecule has 0 saturated heterocycles. The molecule has 0 spiro atoms. The molecular formula is C12H20N2O4. The lowest BCUT2D eigenvalue weighted by atomic mass is 10.2. The van der Waals surface area contributed by atoms with Crippen molar-refractivity contribution in [3.05, 3.63) is 11.6 Å². The molecule has 3 N–H and O–H groups in total. The number of carbonyl (C=O) groups excluding carboxylic acids is 1. The molecule has 6 heteroatoms. The van der Waals surface area contributed by atoms with Crippen molar-refractivity contribution in [3.63, 3.8) is 0 Å². The standard InChI is InChI=1S/C12H20N2O4/c1-18-8-10(11(15)16)14-12(17)13-7-6-9-4-2-3-5-9/h4,10H,2-3,5-8H2,1H3,(H,15,16)(H2,13,14,17). The van der Waals surface area contributed by atoms with Crippen LogP contribution in [0.4, 0.5) is 4.79 Å². The van der Waals surface area contributed by atoms with E-state index in [0.717, 1.165) is 19.3 Å². The molecule has 0 aromatic rings. The van der Waals surface area contributed by atoms with Crippen LogP contribution in [0.25, 0.3) is 0 Å². The summed E-state index contributed by atoms with van der Waals surface area (Å²) in [5.41, 5.74) is 1.36. The zero-order chi connectivity index (χ0) is 13.4. The number of amides is 2. The molecule has 0 heterocycles. The summed E-state index contributed by atoms with van der Waals surface area (Å²) >= 11 is 0. The lowest BCUT2D eigenvalue weighted by molar-refractivity contribution is -0.140. The average Bonchev–Trinajstić information content (AvgIpc) is 2.81. The van der Waals surface area contributed by atoms with Crippen LogP contribution in [-0.4, -0.2) is 43.4 Å². The molecule has 0 bridgehead atoms. The molecule has 18 heavy (non-hydrogen) atoms. The van der Waals surface area contributed by atoms with Gasteiger partial charge in [-0.25, -0.2) is 9.59 Å². The average molecular weight is 256 g/mol. The third-order valence-electron chi connectivity index (χ3n) is 2.80. The van der Waals surface area contributed by atoms with Crippen molar-refractivity contribution in [1.82, 2.24) is 10.6 Å². The first kappa shape index (κ1) is 14.5. The van der Waals surface area contributed by atoms with Crippen molar-refractivity contribution in [1.29, 1.82) is 0 Å². The maximum Gasteiger partial charge on any atom is 0.328 e. The van der Waals surface area contributed by atoms with Crippen LogP contribution in [0.15, 0.2) is 11.6 Å². The molecule has 1 aliphatic carbocycles. The number of hydrogen-bond donors (Lipinski definition) is 3. The molecular weight excluding hydrogens is 236 g/mol. The lowest BCUT2D eigenvalue weighted by Gasteiger charge is -2.14. The Morgan fingerprint density at radius 1 is 1.56 bits per heavy atom. The summed E-state index contributed by atoms with van der Waals surface area (Å²) in [4.78, 5) is 22.2. The molecule has 1 rings (SSSR count). The number of hydrogen-bond acceptors (Lipinski definition) is 3. The highest BCUT2D eigenvalue weighted by Gasteiger charge is 2.19. The fourth-order valence-corrected chi connectivity index (χ4v) is 1.85. The zero-order valence-corrected chi connectivity index (χ0v) is 10.6. The molecule has 0 aliphatic heterocycles. The maximum atomic E-state index is 11.4. The van der Waals surface area contributed by atoms with Crippen LogP contribution in [0.2, 0.25) is 0 Å². The lowest BCUT2D eigenvalue weighted by Crippen LogP contribution is -2.48. The molecule has 1 aliphatic rings. The number of carboxylic acids is 1. The fourth-order valence-electron chi connectivity index (χ4n) is 1.85. The maximum absolute atomic E-state index is 11.4. The Balaban J connectivity index is 2.20. The number of nitrogens with one attached hydrogen (secondary N) is 2. The van der Waals surface area contributed by atoms with E-state index in [0.29, 0.717) is 6.54 Å². The van der Waals surface area contributed by atoms with Gasteiger partial charge in [0.05, 0.1) is 6.61 Å². The number of methoxy groups -OCH3 is 1. The Morgan fingerprint density at radius 3 is 2.89 bits per heavy atom. The van der Waals surface area contributed by atoms with E-state index in [4.69, 9.17) is 9.84 Å². The van der Waals surface area contributed by atoms with E-state index < -0.39 is 18.0 Å². The van der Waals surface area contributed by atoms with Gasteiger partial charge < -0.3 is 20.5 Å². The molecule has 2 amide bonds. The van der Waals surface area contributed by atoms with Crippen molar-refractivity contribution in [3.8, 4) is 0 Å². The van der Waals surface area contributed by atoms with E-state index in [2.05, 4.69) is 16.7 Å². The van der Waals surface area contributed by atoms with Gasteiger partial charge in [-0.2, -0.15) is 0 Å². The number of rotatable bonds is 7. The van der Waals surface area contributed by atoms with Gasteiger partial charge in [0.2, 0.25) is 0 Å². The third-order valence-corrected chi connectivity index (χ3v) is 2.80. The second-order valence-corrected chi connectivity index (χ2v) is 4.25. The van der Waals surface area contributed by atoms with Crippen LogP contribution >= 0.6 is 0 Å². The number of carbonyl (C=O) groups is 2. The van der Waals surface area contributed by atoms with Crippen molar-refractivity contribution in [2.24, 2.45) is 0 Å². The highest BCUT2D eigenvalue weighted by Crippen LogP contribution is 2.19. The Hall–Kier alpha value is -1.56. The Labute approximate surface area is 106 Å². The van der Waals surface area contributed by atoms with E-state index in [9.17, 15) is 9.59 Å². The minimum Gasteiger partial charge on any atom is -0.480 e. The summed E-state index contributed by atoms with van der Waals surface area (Å²) in [5, 5.41) is 13.8. The number of ether oxygens (including phenoxy) is 1. The molecule has 1 atom stereocenters. The van der Waals surface area contributed by atoms with Crippen LogP contribution < -0.4 is 10.6 Å². The highest BCUT2D eigenvalue weighted by atomic mass is 16.5. The minimum atomic E-state index is -1.11. The fraction of sp³-hybridized carbons (Fsp3) is 0.667. The smallest absolute Gasteiger partial charge is 0.328 e. The Bertz CT molecular complexity index is 328. The summed E-state index contributed by atoms with van der Waals surface area (Å²) in [7, 11) is 1.39. The number of allylic oxidation sites excluding steroid dienone is 1. The molecule has 1 unspecified atom stereocenters. The van der Waals surface area contributed by atoms with Crippen molar-refractivity contribution in [2.45, 2.75) is 31.7 Å². The first-order valence-corrected chi connectivity index (χ1v) is 6.07. The summed E-state index contributed by atoms with van der Waals surface area (Å²) in [6, 6.07) is -1.49. The molecule has 0 saturated carbocycles. The minimum absolute atomic E-state index is 0.0477. The predicted molar refractivity (Wildman–Crippen MR) is 66.4 cm³/mol. The number of urea groups is 1. The summed E-state index contributed by atoms with van der Waals surface area (Å²) in [6.07, 6.45) is 6.44. The summed E-state index contributed by atoms with van der Waals surface area (Å²) < 4.78 is 4.72. The number of aliphatic carboxylic acids is 1. The van der Waals surface area contributed by atoms with Gasteiger partial charge in [0.15, 0.2) is 6.04 Å². The molecule has 6 nitrogen and oxygen atoms in total. The van der Waals surface area contributed by atoms with Crippen LogP contribution in [0.5, 0.6) is 0 Å². The van der Waals surface area contributed by atoms with E-state index in [1.165, 1.54) is 19.1 Å².